The number of sulfonamides is 1. The molecule has 1 heterocycles. The minimum absolute atomic E-state index is 0.0799. The third kappa shape index (κ3) is 3.40. The fraction of sp³-hybridized carbons (Fsp3) is 0.235. The Morgan fingerprint density at radius 1 is 1.08 bits per heavy atom. The molecule has 0 bridgehead atoms. The maximum Gasteiger partial charge on any atom is 0.308 e. The maximum atomic E-state index is 12.7. The molecule has 3 rings (SSSR count). The third-order valence-corrected chi connectivity index (χ3v) is 6.19. The first kappa shape index (κ1) is 18.3. The van der Waals surface area contributed by atoms with Crippen molar-refractivity contribution in [2.24, 2.45) is 0 Å². The molecule has 0 fully saturated rings. The second-order valence-corrected chi connectivity index (χ2v) is 8.12. The summed E-state index contributed by atoms with van der Waals surface area (Å²) in [5.41, 5.74) is 1.05. The van der Waals surface area contributed by atoms with Crippen LogP contribution in [0.1, 0.15) is 6.92 Å². The van der Waals surface area contributed by atoms with E-state index < -0.39 is 10.0 Å². The van der Waals surface area contributed by atoms with E-state index in [1.165, 1.54) is 26.4 Å². The average molecular weight is 394 g/mol. The molecule has 0 saturated carbocycles. The van der Waals surface area contributed by atoms with Crippen LogP contribution < -0.4 is 19.1 Å². The summed E-state index contributed by atoms with van der Waals surface area (Å²) in [6.45, 7) is 2.41. The van der Waals surface area contributed by atoms with Crippen molar-refractivity contribution in [1.82, 2.24) is 4.57 Å². The van der Waals surface area contributed by atoms with E-state index in [4.69, 9.17) is 9.47 Å². The number of aryl methyl sites for hydroxylation is 1. The van der Waals surface area contributed by atoms with Gasteiger partial charge < -0.3 is 9.47 Å². The van der Waals surface area contributed by atoms with Crippen molar-refractivity contribution in [3.63, 3.8) is 0 Å². The van der Waals surface area contributed by atoms with Crippen molar-refractivity contribution >= 4 is 37.3 Å². The van der Waals surface area contributed by atoms with Crippen molar-refractivity contribution in [2.45, 2.75) is 18.4 Å². The van der Waals surface area contributed by atoms with E-state index >= 15 is 0 Å². The van der Waals surface area contributed by atoms with Crippen LogP contribution in [0.25, 0.3) is 10.2 Å². The Bertz CT molecular complexity index is 1090. The number of ether oxygens (including phenoxy) is 2. The summed E-state index contributed by atoms with van der Waals surface area (Å²) in [5.74, 6) is 0.937. The molecule has 1 N–H and O–H groups in total. The van der Waals surface area contributed by atoms with Gasteiger partial charge in [-0.2, -0.15) is 0 Å². The van der Waals surface area contributed by atoms with Gasteiger partial charge in [-0.05, 0) is 25.1 Å². The molecule has 0 radical (unpaired) electrons. The number of nitrogens with zero attached hydrogens (tertiary/aromatic N) is 1. The van der Waals surface area contributed by atoms with Gasteiger partial charge in [0.15, 0.2) is 0 Å². The number of aromatic nitrogens is 1. The number of benzene rings is 2. The lowest BCUT2D eigenvalue weighted by atomic mass is 10.3. The number of methoxy groups -OCH3 is 2. The lowest BCUT2D eigenvalue weighted by Gasteiger charge is -2.11. The SMILES string of the molecule is CCn1c(=O)sc2cc(S(=O)(=O)Nc3cc(OC)cc(OC)c3)ccc21. The molecule has 0 unspecified atom stereocenters. The van der Waals surface area contributed by atoms with E-state index in [1.54, 1.807) is 28.8 Å². The third-order valence-electron chi connectivity index (χ3n) is 3.87. The number of fused-ring (bicyclic) bond motifs is 1. The first-order chi connectivity index (χ1) is 12.4. The zero-order valence-electron chi connectivity index (χ0n) is 14.5. The van der Waals surface area contributed by atoms with Crippen LogP contribution in [0, 0.1) is 0 Å². The van der Waals surface area contributed by atoms with E-state index in [2.05, 4.69) is 4.72 Å². The van der Waals surface area contributed by atoms with Gasteiger partial charge in [0.1, 0.15) is 11.5 Å². The Balaban J connectivity index is 2.00. The van der Waals surface area contributed by atoms with Crippen molar-refractivity contribution in [3.8, 4) is 11.5 Å². The minimum atomic E-state index is -3.83. The summed E-state index contributed by atoms with van der Waals surface area (Å²) in [4.78, 5) is 11.9. The molecule has 9 heteroatoms. The highest BCUT2D eigenvalue weighted by Gasteiger charge is 2.17. The van der Waals surface area contributed by atoms with Crippen LogP contribution >= 0.6 is 11.3 Å². The van der Waals surface area contributed by atoms with Gasteiger partial charge in [0.05, 0.1) is 35.0 Å². The lowest BCUT2D eigenvalue weighted by Crippen LogP contribution is -2.13. The van der Waals surface area contributed by atoms with Crippen molar-refractivity contribution in [2.75, 3.05) is 18.9 Å². The van der Waals surface area contributed by atoms with Gasteiger partial charge >= 0.3 is 4.87 Å². The quantitative estimate of drug-likeness (QED) is 0.695. The minimum Gasteiger partial charge on any atom is -0.497 e. The fourth-order valence-corrected chi connectivity index (χ4v) is 4.73. The lowest BCUT2D eigenvalue weighted by molar-refractivity contribution is 0.395. The number of thiazole rings is 1. The number of hydrogen-bond donors (Lipinski definition) is 1. The molecule has 2 aromatic carbocycles. The Labute approximate surface area is 154 Å². The van der Waals surface area contributed by atoms with E-state index in [0.29, 0.717) is 28.4 Å². The van der Waals surface area contributed by atoms with Gasteiger partial charge in [0, 0.05) is 24.7 Å². The van der Waals surface area contributed by atoms with Gasteiger partial charge in [-0.3, -0.25) is 14.1 Å². The molecule has 26 heavy (non-hydrogen) atoms. The first-order valence-electron chi connectivity index (χ1n) is 7.77. The van der Waals surface area contributed by atoms with E-state index in [9.17, 15) is 13.2 Å². The van der Waals surface area contributed by atoms with Gasteiger partial charge in [0.2, 0.25) is 0 Å². The molecule has 0 amide bonds. The molecule has 0 spiro atoms. The second-order valence-electron chi connectivity index (χ2n) is 5.45. The van der Waals surface area contributed by atoms with E-state index in [0.717, 1.165) is 16.9 Å². The van der Waals surface area contributed by atoms with Crippen LogP contribution in [0.2, 0.25) is 0 Å². The van der Waals surface area contributed by atoms with Gasteiger partial charge in [-0.15, -0.1) is 0 Å². The molecule has 0 saturated heterocycles. The largest absolute Gasteiger partial charge is 0.497 e. The second kappa shape index (κ2) is 7.00. The van der Waals surface area contributed by atoms with Crippen molar-refractivity contribution < 1.29 is 17.9 Å². The molecule has 1 aromatic heterocycles. The van der Waals surface area contributed by atoms with Crippen LogP contribution in [0.4, 0.5) is 5.69 Å². The number of hydrogen-bond acceptors (Lipinski definition) is 6. The normalized spacial score (nSPS) is 11.5. The Morgan fingerprint density at radius 3 is 2.31 bits per heavy atom. The highest BCUT2D eigenvalue weighted by atomic mass is 32.2. The molecule has 0 aliphatic rings. The maximum absolute atomic E-state index is 12.7. The summed E-state index contributed by atoms with van der Waals surface area (Å²) >= 11 is 1.03. The molecular formula is C17H18N2O5S2. The average Bonchev–Trinajstić information content (AvgIpc) is 2.94. The van der Waals surface area contributed by atoms with E-state index in [1.807, 2.05) is 6.92 Å². The monoisotopic (exact) mass is 394 g/mol. The van der Waals surface area contributed by atoms with Gasteiger partial charge in [0.25, 0.3) is 10.0 Å². The van der Waals surface area contributed by atoms with Crippen LogP contribution in [0.3, 0.4) is 0 Å². The van der Waals surface area contributed by atoms with E-state index in [-0.39, 0.29) is 9.77 Å². The number of nitrogens with one attached hydrogen (secondary N) is 1. The molecule has 0 aliphatic carbocycles. The molecule has 3 aromatic rings. The standard InChI is InChI=1S/C17H18N2O5S2/c1-4-19-15-6-5-14(10-16(15)25-17(19)20)26(21,22)18-11-7-12(23-2)9-13(8-11)24-3/h5-10,18H,4H2,1-3H3. The van der Waals surface area contributed by atoms with Gasteiger partial charge in [-0.1, -0.05) is 11.3 Å². The summed E-state index contributed by atoms with van der Waals surface area (Å²) in [6, 6.07) is 9.41. The highest BCUT2D eigenvalue weighted by molar-refractivity contribution is 7.92. The zero-order valence-corrected chi connectivity index (χ0v) is 16.1. The highest BCUT2D eigenvalue weighted by Crippen LogP contribution is 2.28. The Kier molecular flexibility index (Phi) is 4.92. The van der Waals surface area contributed by atoms with Crippen LogP contribution in [-0.4, -0.2) is 27.2 Å². The number of rotatable bonds is 6. The fourth-order valence-electron chi connectivity index (χ4n) is 2.59. The summed E-state index contributed by atoms with van der Waals surface area (Å²) < 4.78 is 40.5. The van der Waals surface area contributed by atoms with Crippen molar-refractivity contribution in [3.05, 3.63) is 46.1 Å². The first-order valence-corrected chi connectivity index (χ1v) is 10.1. The topological polar surface area (TPSA) is 86.6 Å². The van der Waals surface area contributed by atoms with Gasteiger partial charge in [-0.25, -0.2) is 8.42 Å². The number of anilines is 1. The van der Waals surface area contributed by atoms with Crippen LogP contribution in [0.15, 0.2) is 46.1 Å². The Hall–Kier alpha value is -2.52. The molecular weight excluding hydrogens is 376 g/mol. The smallest absolute Gasteiger partial charge is 0.308 e. The predicted octanol–water partition coefficient (Wildman–Crippen LogP) is 2.90. The van der Waals surface area contributed by atoms with Crippen LogP contribution in [-0.2, 0) is 16.6 Å². The predicted molar refractivity (Wildman–Crippen MR) is 102 cm³/mol. The summed E-state index contributed by atoms with van der Waals surface area (Å²) in [7, 11) is -0.856. The molecule has 7 nitrogen and oxygen atoms in total. The van der Waals surface area contributed by atoms with Crippen molar-refractivity contribution in [1.29, 1.82) is 0 Å². The molecule has 0 atom stereocenters. The summed E-state index contributed by atoms with van der Waals surface area (Å²) in [5, 5.41) is 0. The molecule has 138 valence electrons. The molecule has 0 aliphatic heterocycles. The Morgan fingerprint density at radius 2 is 1.73 bits per heavy atom. The summed E-state index contributed by atoms with van der Waals surface area (Å²) in [6.07, 6.45) is 0. The zero-order chi connectivity index (χ0) is 18.9. The van der Waals surface area contributed by atoms with Crippen LogP contribution in [0.5, 0.6) is 11.5 Å².